The molecule has 178 valence electrons. The second-order valence-corrected chi connectivity index (χ2v) is 8.68. The van der Waals surface area contributed by atoms with E-state index >= 15 is 0 Å². The number of hydrogen-bond donors (Lipinski definition) is 1. The van der Waals surface area contributed by atoms with Crippen molar-refractivity contribution in [1.82, 2.24) is 14.9 Å². The van der Waals surface area contributed by atoms with Crippen LogP contribution < -0.4 is 14.4 Å². The van der Waals surface area contributed by atoms with Crippen molar-refractivity contribution in [3.05, 3.63) is 53.2 Å². The number of hydrogen-bond acceptors (Lipinski definition) is 7. The zero-order valence-electron chi connectivity index (χ0n) is 19.0. The van der Waals surface area contributed by atoms with Crippen molar-refractivity contribution in [2.45, 2.75) is 12.1 Å². The van der Waals surface area contributed by atoms with Crippen LogP contribution in [0.1, 0.15) is 0 Å². The predicted octanol–water partition coefficient (Wildman–Crippen LogP) is 3.81. The van der Waals surface area contributed by atoms with Crippen molar-refractivity contribution < 1.29 is 19.4 Å². The van der Waals surface area contributed by atoms with Gasteiger partial charge in [0, 0.05) is 43.4 Å². The van der Waals surface area contributed by atoms with Gasteiger partial charge in [-0.2, -0.15) is 0 Å². The van der Waals surface area contributed by atoms with E-state index in [9.17, 15) is 9.90 Å². The van der Waals surface area contributed by atoms with E-state index in [1.165, 1.54) is 20.3 Å². The lowest BCUT2D eigenvalue weighted by Gasteiger charge is -2.26. The Morgan fingerprint density at radius 3 is 2.50 bits per heavy atom. The third kappa shape index (κ3) is 4.24. The number of rotatable bonds is 6. The number of ether oxygens (including phenoxy) is 2. The second-order valence-electron chi connectivity index (χ2n) is 7.92. The van der Waals surface area contributed by atoms with E-state index in [4.69, 9.17) is 32.7 Å². The summed E-state index contributed by atoms with van der Waals surface area (Å²) < 4.78 is 10.7. The van der Waals surface area contributed by atoms with Crippen LogP contribution in [0.2, 0.25) is 10.0 Å². The maximum absolute atomic E-state index is 11.9. The summed E-state index contributed by atoms with van der Waals surface area (Å²) >= 11 is 13.1. The minimum atomic E-state index is -0.720. The van der Waals surface area contributed by atoms with E-state index in [0.717, 1.165) is 10.9 Å². The van der Waals surface area contributed by atoms with Gasteiger partial charge in [-0.3, -0.25) is 4.79 Å². The molecule has 2 unspecified atom stereocenters. The first-order valence-electron chi connectivity index (χ1n) is 10.5. The van der Waals surface area contributed by atoms with Gasteiger partial charge in [0.25, 0.3) is 0 Å². The number of β-amino-alcohol motifs (C(OH)–C–C–N with tert-alkyl or cyclic N) is 1. The number of carbonyl (C=O) groups is 1. The highest BCUT2D eigenvalue weighted by Crippen LogP contribution is 2.46. The number of likely N-dealkylation sites (tertiary alicyclic amines) is 1. The van der Waals surface area contributed by atoms with Crippen LogP contribution in [0.3, 0.4) is 0 Å². The summed E-state index contributed by atoms with van der Waals surface area (Å²) in [4.78, 5) is 24.4. The zero-order chi connectivity index (χ0) is 24.6. The molecule has 4 rings (SSSR count). The Morgan fingerprint density at radius 1 is 1.21 bits per heavy atom. The molecule has 1 aromatic heterocycles. The average molecular weight is 503 g/mol. The van der Waals surface area contributed by atoms with Gasteiger partial charge in [0.05, 0.1) is 41.9 Å². The highest BCUT2D eigenvalue weighted by molar-refractivity contribution is 6.41. The third-order valence-electron chi connectivity index (χ3n) is 5.99. The molecule has 0 spiro atoms. The highest BCUT2D eigenvalue weighted by Gasteiger charge is 2.36. The summed E-state index contributed by atoms with van der Waals surface area (Å²) in [6.45, 7) is 4.11. The Kier molecular flexibility index (Phi) is 6.84. The van der Waals surface area contributed by atoms with Gasteiger partial charge < -0.3 is 24.4 Å². The number of likely N-dealkylation sites (N-methyl/N-ethyl adjacent to an activating group) is 1. The van der Waals surface area contributed by atoms with Gasteiger partial charge in [-0.15, -0.1) is 0 Å². The number of methoxy groups -OCH3 is 2. The molecule has 2 atom stereocenters. The van der Waals surface area contributed by atoms with Crippen molar-refractivity contribution in [2.24, 2.45) is 0 Å². The molecule has 10 heteroatoms. The number of fused-ring (bicyclic) bond motifs is 1. The summed E-state index contributed by atoms with van der Waals surface area (Å²) in [5.41, 5.74) is 2.05. The number of amides is 1. The molecule has 2 heterocycles. The van der Waals surface area contributed by atoms with Crippen LogP contribution in [0.4, 0.5) is 5.95 Å². The van der Waals surface area contributed by atoms with E-state index in [-0.39, 0.29) is 18.5 Å². The molecule has 34 heavy (non-hydrogen) atoms. The molecule has 1 N–H and O–H groups in total. The minimum absolute atomic E-state index is 0.214. The summed E-state index contributed by atoms with van der Waals surface area (Å²) in [7, 11) is 4.85. The molecule has 3 aromatic rings. The Balaban J connectivity index is 1.68. The minimum Gasteiger partial charge on any atom is -0.495 e. The van der Waals surface area contributed by atoms with Gasteiger partial charge in [0.1, 0.15) is 11.5 Å². The van der Waals surface area contributed by atoms with Crippen molar-refractivity contribution >= 4 is 46.0 Å². The summed E-state index contributed by atoms with van der Waals surface area (Å²) in [5, 5.41) is 12.0. The molecular weight excluding hydrogens is 479 g/mol. The third-order valence-corrected chi connectivity index (χ3v) is 6.74. The largest absolute Gasteiger partial charge is 0.495 e. The number of aromatic nitrogens is 2. The van der Waals surface area contributed by atoms with Gasteiger partial charge in [0.2, 0.25) is 11.9 Å². The van der Waals surface area contributed by atoms with Crippen LogP contribution >= 0.6 is 23.2 Å². The highest BCUT2D eigenvalue weighted by atomic mass is 35.5. The standard InChI is InChI=1S/C24H24Cl2N4O4/c1-5-20(32)30-11-16(17(31)12-30)29(2)24-27-10-14-8-13(6-7-15(14)28-24)21-22(25)18(33-3)9-19(34-4)23(21)26/h5-10,16-17,31H,1,11-12H2,2-4H3. The molecule has 0 radical (unpaired) electrons. The lowest BCUT2D eigenvalue weighted by Crippen LogP contribution is -2.42. The first-order valence-corrected chi connectivity index (χ1v) is 11.2. The Labute approximate surface area is 207 Å². The lowest BCUT2D eigenvalue weighted by molar-refractivity contribution is -0.125. The van der Waals surface area contributed by atoms with E-state index in [0.29, 0.717) is 45.1 Å². The van der Waals surface area contributed by atoms with Gasteiger partial charge in [-0.05, 0) is 23.8 Å². The van der Waals surface area contributed by atoms with Crippen LogP contribution in [0.25, 0.3) is 22.0 Å². The maximum Gasteiger partial charge on any atom is 0.246 e. The number of aliphatic hydroxyl groups excluding tert-OH is 1. The molecule has 0 bridgehead atoms. The second kappa shape index (κ2) is 9.66. The fourth-order valence-corrected chi connectivity index (χ4v) is 4.81. The molecular formula is C24H24Cl2N4O4. The van der Waals surface area contributed by atoms with Gasteiger partial charge in [0.15, 0.2) is 0 Å². The number of halogens is 2. The number of aliphatic hydroxyl groups is 1. The normalized spacial score (nSPS) is 17.6. The number of nitrogens with zero attached hydrogens (tertiary/aromatic N) is 4. The molecule has 0 saturated carbocycles. The summed E-state index contributed by atoms with van der Waals surface area (Å²) in [6, 6.07) is 6.91. The van der Waals surface area contributed by atoms with Crippen LogP contribution in [-0.4, -0.2) is 72.4 Å². The molecule has 8 nitrogen and oxygen atoms in total. The smallest absolute Gasteiger partial charge is 0.246 e. The SMILES string of the molecule is C=CC(=O)N1CC(O)C(N(C)c2ncc3cc(-c4c(Cl)c(OC)cc(OC)c4Cl)ccc3n2)C1. The zero-order valence-corrected chi connectivity index (χ0v) is 20.5. The van der Waals surface area contributed by atoms with E-state index in [1.807, 2.05) is 18.2 Å². The number of carbonyl (C=O) groups excluding carboxylic acids is 1. The fourth-order valence-electron chi connectivity index (χ4n) is 4.10. The molecule has 1 fully saturated rings. The molecule has 1 saturated heterocycles. The number of benzene rings is 2. The summed E-state index contributed by atoms with van der Waals surface area (Å²) in [6.07, 6.45) is 2.23. The molecule has 0 aliphatic carbocycles. The van der Waals surface area contributed by atoms with E-state index in [2.05, 4.69) is 16.5 Å². The molecule has 1 aliphatic heterocycles. The fraction of sp³-hybridized carbons (Fsp3) is 0.292. The van der Waals surface area contributed by atoms with Gasteiger partial charge in [-0.25, -0.2) is 9.97 Å². The Hall–Kier alpha value is -3.07. The van der Waals surface area contributed by atoms with Crippen LogP contribution in [0.5, 0.6) is 11.5 Å². The first kappa shape index (κ1) is 24.1. The van der Waals surface area contributed by atoms with Gasteiger partial charge in [-0.1, -0.05) is 35.8 Å². The predicted molar refractivity (Wildman–Crippen MR) is 133 cm³/mol. The van der Waals surface area contributed by atoms with Crippen LogP contribution in [0.15, 0.2) is 43.1 Å². The monoisotopic (exact) mass is 502 g/mol. The molecule has 1 amide bonds. The van der Waals surface area contributed by atoms with E-state index < -0.39 is 6.10 Å². The van der Waals surface area contributed by atoms with Crippen molar-refractivity contribution in [1.29, 1.82) is 0 Å². The molecule has 2 aromatic carbocycles. The summed E-state index contributed by atoms with van der Waals surface area (Å²) in [5.74, 6) is 1.13. The van der Waals surface area contributed by atoms with Gasteiger partial charge >= 0.3 is 0 Å². The van der Waals surface area contributed by atoms with Crippen LogP contribution in [-0.2, 0) is 4.79 Å². The van der Waals surface area contributed by atoms with E-state index in [1.54, 1.807) is 29.1 Å². The molecule has 1 aliphatic rings. The lowest BCUT2D eigenvalue weighted by atomic mass is 10.0. The maximum atomic E-state index is 11.9. The van der Waals surface area contributed by atoms with Crippen molar-refractivity contribution in [2.75, 3.05) is 39.3 Å². The average Bonchev–Trinajstić information content (AvgIpc) is 3.24. The van der Waals surface area contributed by atoms with Crippen molar-refractivity contribution in [3.8, 4) is 22.6 Å². The Morgan fingerprint density at radius 2 is 1.88 bits per heavy atom. The van der Waals surface area contributed by atoms with Crippen molar-refractivity contribution in [3.63, 3.8) is 0 Å². The first-order chi connectivity index (χ1) is 16.3. The van der Waals surface area contributed by atoms with Crippen LogP contribution in [0, 0.1) is 0 Å². The quantitative estimate of drug-likeness (QED) is 0.512. The number of anilines is 1. The Bertz CT molecular complexity index is 1240. The topological polar surface area (TPSA) is 88.0 Å².